The van der Waals surface area contributed by atoms with Crippen LogP contribution in [0.25, 0.3) is 0 Å². The van der Waals surface area contributed by atoms with Gasteiger partial charge in [0.15, 0.2) is 11.6 Å². The largest absolute Gasteiger partial charge is 0.494 e. The number of carbonyl (C=O) groups is 1. The second-order valence-corrected chi connectivity index (χ2v) is 3.13. The van der Waals surface area contributed by atoms with E-state index in [0.717, 1.165) is 6.07 Å². The first-order chi connectivity index (χ1) is 6.06. The highest BCUT2D eigenvalue weighted by Gasteiger charge is 2.13. The van der Waals surface area contributed by atoms with Crippen molar-refractivity contribution in [1.29, 1.82) is 0 Å². The van der Waals surface area contributed by atoms with Gasteiger partial charge in [0, 0.05) is 4.47 Å². The third kappa shape index (κ3) is 1.98. The zero-order valence-electron chi connectivity index (χ0n) is 6.67. The van der Waals surface area contributed by atoms with Crippen LogP contribution in [0.4, 0.5) is 4.39 Å². The Hall–Kier alpha value is -1.10. The lowest BCUT2D eigenvalue weighted by Crippen LogP contribution is -2.00. The highest BCUT2D eigenvalue weighted by molar-refractivity contribution is 9.10. The van der Waals surface area contributed by atoms with Crippen LogP contribution in [0.5, 0.6) is 5.75 Å². The average molecular weight is 249 g/mol. The van der Waals surface area contributed by atoms with E-state index in [1.54, 1.807) is 0 Å². The number of halogens is 2. The second kappa shape index (κ2) is 3.74. The topological polar surface area (TPSA) is 46.5 Å². The molecule has 0 aromatic heterocycles. The molecule has 0 heterocycles. The van der Waals surface area contributed by atoms with Crippen molar-refractivity contribution in [3.05, 3.63) is 28.0 Å². The molecule has 1 rings (SSSR count). The van der Waals surface area contributed by atoms with Gasteiger partial charge in [-0.25, -0.2) is 9.18 Å². The summed E-state index contributed by atoms with van der Waals surface area (Å²) in [5.41, 5.74) is -0.127. The molecule has 0 aliphatic heterocycles. The molecule has 5 heteroatoms. The molecule has 0 fully saturated rings. The number of aromatic carboxylic acids is 1. The summed E-state index contributed by atoms with van der Waals surface area (Å²) in [7, 11) is 1.31. The fourth-order valence-corrected chi connectivity index (χ4v) is 1.34. The molecule has 0 unspecified atom stereocenters. The molecule has 0 saturated carbocycles. The minimum Gasteiger partial charge on any atom is -0.494 e. The molecular weight excluding hydrogens is 243 g/mol. The van der Waals surface area contributed by atoms with Crippen molar-refractivity contribution in [3.8, 4) is 5.75 Å². The number of rotatable bonds is 2. The Morgan fingerprint density at radius 1 is 1.62 bits per heavy atom. The Bertz CT molecular complexity index is 351. The first-order valence-corrected chi connectivity index (χ1v) is 4.12. The summed E-state index contributed by atoms with van der Waals surface area (Å²) in [6.45, 7) is 0. The highest BCUT2D eigenvalue weighted by atomic mass is 79.9. The minimum absolute atomic E-state index is 0.0110. The van der Waals surface area contributed by atoms with E-state index >= 15 is 0 Å². The Balaban J connectivity index is 3.28. The van der Waals surface area contributed by atoms with Crippen molar-refractivity contribution in [3.63, 3.8) is 0 Å². The van der Waals surface area contributed by atoms with Crippen LogP contribution in [-0.4, -0.2) is 18.2 Å². The molecule has 0 spiro atoms. The number of methoxy groups -OCH3 is 1. The first kappa shape index (κ1) is 9.98. The standard InChI is InChI=1S/C8H6BrFO3/c1-13-7-3-5(9)4(8(11)12)2-6(7)10/h2-3H,1H3,(H,11,12). The van der Waals surface area contributed by atoms with Gasteiger partial charge in [0.25, 0.3) is 0 Å². The number of hydrogen-bond donors (Lipinski definition) is 1. The van der Waals surface area contributed by atoms with Gasteiger partial charge in [-0.1, -0.05) is 0 Å². The molecular formula is C8H6BrFO3. The van der Waals surface area contributed by atoms with Crippen LogP contribution < -0.4 is 4.74 Å². The molecule has 1 aromatic rings. The summed E-state index contributed by atoms with van der Waals surface area (Å²) in [5, 5.41) is 8.62. The highest BCUT2D eigenvalue weighted by Crippen LogP contribution is 2.26. The number of carboxylic acid groups (broad SMARTS) is 1. The van der Waals surface area contributed by atoms with Crippen molar-refractivity contribution in [2.45, 2.75) is 0 Å². The summed E-state index contributed by atoms with van der Waals surface area (Å²) in [6.07, 6.45) is 0. The van der Waals surface area contributed by atoms with Crippen molar-refractivity contribution in [2.24, 2.45) is 0 Å². The summed E-state index contributed by atoms with van der Waals surface area (Å²) in [6, 6.07) is 2.18. The SMILES string of the molecule is COc1cc(Br)c(C(=O)O)cc1F. The second-order valence-electron chi connectivity index (χ2n) is 2.27. The molecule has 1 N–H and O–H groups in total. The monoisotopic (exact) mass is 248 g/mol. The van der Waals surface area contributed by atoms with Crippen LogP contribution in [0.3, 0.4) is 0 Å². The summed E-state index contributed by atoms with van der Waals surface area (Å²) in [4.78, 5) is 10.5. The van der Waals surface area contributed by atoms with Crippen LogP contribution in [-0.2, 0) is 0 Å². The lowest BCUT2D eigenvalue weighted by molar-refractivity contribution is 0.0695. The fourth-order valence-electron chi connectivity index (χ4n) is 0.849. The van der Waals surface area contributed by atoms with Gasteiger partial charge in [-0.05, 0) is 28.1 Å². The average Bonchev–Trinajstić information content (AvgIpc) is 2.07. The lowest BCUT2D eigenvalue weighted by Gasteiger charge is -2.04. The Kier molecular flexibility index (Phi) is 2.87. The van der Waals surface area contributed by atoms with E-state index in [9.17, 15) is 9.18 Å². The van der Waals surface area contributed by atoms with Crippen molar-refractivity contribution < 1.29 is 19.0 Å². The van der Waals surface area contributed by atoms with Gasteiger partial charge >= 0.3 is 5.97 Å². The number of carboxylic acids is 1. The molecule has 70 valence electrons. The van der Waals surface area contributed by atoms with Crippen molar-refractivity contribution in [2.75, 3.05) is 7.11 Å². The van der Waals surface area contributed by atoms with Gasteiger partial charge in [-0.3, -0.25) is 0 Å². The van der Waals surface area contributed by atoms with Gasteiger partial charge in [0.2, 0.25) is 0 Å². The molecule has 0 bridgehead atoms. The van der Waals surface area contributed by atoms with Crippen LogP contribution in [0.1, 0.15) is 10.4 Å². The van der Waals surface area contributed by atoms with E-state index in [2.05, 4.69) is 20.7 Å². The molecule has 13 heavy (non-hydrogen) atoms. The summed E-state index contributed by atoms with van der Waals surface area (Å²) < 4.78 is 17.9. The van der Waals surface area contributed by atoms with Crippen LogP contribution in [0, 0.1) is 5.82 Å². The molecule has 1 aromatic carbocycles. The summed E-state index contributed by atoms with van der Waals surface area (Å²) >= 11 is 3.00. The molecule has 0 amide bonds. The maximum atomic E-state index is 13.0. The van der Waals surface area contributed by atoms with Crippen LogP contribution in [0.2, 0.25) is 0 Å². The third-order valence-electron chi connectivity index (χ3n) is 1.47. The van der Waals surface area contributed by atoms with E-state index in [4.69, 9.17) is 5.11 Å². The minimum atomic E-state index is -1.19. The predicted molar refractivity (Wildman–Crippen MR) is 47.6 cm³/mol. The van der Waals surface area contributed by atoms with Crippen molar-refractivity contribution >= 4 is 21.9 Å². The normalized spacial score (nSPS) is 9.77. The zero-order valence-corrected chi connectivity index (χ0v) is 8.26. The lowest BCUT2D eigenvalue weighted by atomic mass is 10.2. The maximum Gasteiger partial charge on any atom is 0.336 e. The quantitative estimate of drug-likeness (QED) is 0.874. The van der Waals surface area contributed by atoms with Gasteiger partial charge in [0.05, 0.1) is 12.7 Å². The van der Waals surface area contributed by atoms with Gasteiger partial charge in [-0.15, -0.1) is 0 Å². The molecule has 0 atom stereocenters. The Labute approximate surface area is 82.3 Å². The predicted octanol–water partition coefficient (Wildman–Crippen LogP) is 2.29. The molecule has 0 aliphatic carbocycles. The van der Waals surface area contributed by atoms with Crippen molar-refractivity contribution in [1.82, 2.24) is 0 Å². The third-order valence-corrected chi connectivity index (χ3v) is 2.13. The van der Waals surface area contributed by atoms with Crippen LogP contribution in [0.15, 0.2) is 16.6 Å². The van der Waals surface area contributed by atoms with E-state index in [-0.39, 0.29) is 11.3 Å². The molecule has 0 radical (unpaired) electrons. The van der Waals surface area contributed by atoms with Gasteiger partial charge in [-0.2, -0.15) is 0 Å². The Morgan fingerprint density at radius 3 is 2.69 bits per heavy atom. The van der Waals surface area contributed by atoms with Gasteiger partial charge < -0.3 is 9.84 Å². The van der Waals surface area contributed by atoms with Crippen LogP contribution >= 0.6 is 15.9 Å². The van der Waals surface area contributed by atoms with E-state index in [0.29, 0.717) is 4.47 Å². The smallest absolute Gasteiger partial charge is 0.336 e. The molecule has 0 aliphatic rings. The van der Waals surface area contributed by atoms with Gasteiger partial charge in [0.1, 0.15) is 0 Å². The molecule has 0 saturated heterocycles. The van der Waals surface area contributed by atoms with E-state index in [1.807, 2.05) is 0 Å². The zero-order chi connectivity index (χ0) is 10.0. The summed E-state index contributed by atoms with van der Waals surface area (Å²) in [5.74, 6) is -1.87. The maximum absolute atomic E-state index is 13.0. The number of hydrogen-bond acceptors (Lipinski definition) is 2. The number of benzene rings is 1. The Morgan fingerprint density at radius 2 is 2.23 bits per heavy atom. The molecule has 3 nitrogen and oxygen atoms in total. The van der Waals surface area contributed by atoms with E-state index < -0.39 is 11.8 Å². The fraction of sp³-hybridized carbons (Fsp3) is 0.125. The van der Waals surface area contributed by atoms with E-state index in [1.165, 1.54) is 13.2 Å². The first-order valence-electron chi connectivity index (χ1n) is 3.32. The number of ether oxygens (including phenoxy) is 1.